The van der Waals surface area contributed by atoms with Crippen LogP contribution in [0.4, 0.5) is 10.1 Å². The number of nitrogens with one attached hydrogen (secondary N) is 2. The van der Waals surface area contributed by atoms with Crippen molar-refractivity contribution in [2.24, 2.45) is 5.10 Å². The summed E-state index contributed by atoms with van der Waals surface area (Å²) in [5.41, 5.74) is 3.61. The molecule has 0 saturated heterocycles. The molecular weight excluding hydrogens is 437 g/mol. The van der Waals surface area contributed by atoms with E-state index >= 15 is 0 Å². The molecule has 0 radical (unpaired) electrons. The Morgan fingerprint density at radius 3 is 2.77 bits per heavy atom. The van der Waals surface area contributed by atoms with Gasteiger partial charge in [0.15, 0.2) is 5.11 Å². The zero-order chi connectivity index (χ0) is 16.1. The summed E-state index contributed by atoms with van der Waals surface area (Å²) < 4.78 is 14.4. The number of benzene rings is 2. The maximum Gasteiger partial charge on any atom is 0.191 e. The van der Waals surface area contributed by atoms with Gasteiger partial charge in [0.05, 0.1) is 10.7 Å². The number of aromatic hydroxyl groups is 1. The quantitative estimate of drug-likeness (QED) is 0.372. The summed E-state index contributed by atoms with van der Waals surface area (Å²) in [6, 6.07) is 9.33. The van der Waals surface area contributed by atoms with Crippen molar-refractivity contribution >= 4 is 61.1 Å². The summed E-state index contributed by atoms with van der Waals surface area (Å²) in [4.78, 5) is 0. The van der Waals surface area contributed by atoms with Crippen molar-refractivity contribution in [1.29, 1.82) is 0 Å². The van der Waals surface area contributed by atoms with E-state index in [4.69, 9.17) is 12.2 Å². The molecule has 0 spiro atoms. The largest absolute Gasteiger partial charge is 0.506 e. The molecule has 0 heterocycles. The van der Waals surface area contributed by atoms with Gasteiger partial charge in [0, 0.05) is 15.7 Å². The highest BCUT2D eigenvalue weighted by molar-refractivity contribution is 9.11. The molecule has 0 bridgehead atoms. The van der Waals surface area contributed by atoms with Crippen molar-refractivity contribution in [1.82, 2.24) is 5.43 Å². The number of nitrogens with zero attached hydrogens (tertiary/aromatic N) is 1. The molecule has 2 aromatic carbocycles. The van der Waals surface area contributed by atoms with Gasteiger partial charge < -0.3 is 10.4 Å². The van der Waals surface area contributed by atoms with Gasteiger partial charge in [0.2, 0.25) is 0 Å². The molecule has 0 atom stereocenters. The Labute approximate surface area is 148 Å². The first-order valence-electron chi connectivity index (χ1n) is 5.99. The fourth-order valence-corrected chi connectivity index (χ4v) is 3.00. The van der Waals surface area contributed by atoms with Crippen LogP contribution in [0.15, 0.2) is 50.4 Å². The maximum absolute atomic E-state index is 13.0. The van der Waals surface area contributed by atoms with Crippen molar-refractivity contribution in [3.05, 3.63) is 56.7 Å². The second kappa shape index (κ2) is 7.66. The third-order valence-corrected chi connectivity index (χ3v) is 3.77. The van der Waals surface area contributed by atoms with E-state index in [-0.39, 0.29) is 16.7 Å². The summed E-state index contributed by atoms with van der Waals surface area (Å²) in [7, 11) is 0. The Balaban J connectivity index is 1.99. The molecule has 0 aliphatic carbocycles. The molecule has 114 valence electrons. The number of rotatable bonds is 3. The zero-order valence-electron chi connectivity index (χ0n) is 11.0. The predicted molar refractivity (Wildman–Crippen MR) is 96.9 cm³/mol. The normalized spacial score (nSPS) is 10.7. The lowest BCUT2D eigenvalue weighted by Crippen LogP contribution is -2.23. The molecule has 2 aromatic rings. The van der Waals surface area contributed by atoms with Crippen molar-refractivity contribution in [3.8, 4) is 5.75 Å². The Bertz CT molecular complexity index is 740. The van der Waals surface area contributed by atoms with E-state index in [2.05, 4.69) is 47.7 Å². The molecule has 8 heteroatoms. The fourth-order valence-electron chi connectivity index (χ4n) is 1.57. The van der Waals surface area contributed by atoms with Gasteiger partial charge in [-0.05, 0) is 58.5 Å². The molecule has 0 fully saturated rings. The lowest BCUT2D eigenvalue weighted by Gasteiger charge is -2.07. The molecular formula is C14H10Br2FN3OS. The topological polar surface area (TPSA) is 56.7 Å². The lowest BCUT2D eigenvalue weighted by molar-refractivity contribution is 0.471. The van der Waals surface area contributed by atoms with E-state index in [9.17, 15) is 9.50 Å². The molecule has 0 amide bonds. The number of thiocarbonyl (C=S) groups is 1. The van der Waals surface area contributed by atoms with Crippen LogP contribution in [0, 0.1) is 5.82 Å². The van der Waals surface area contributed by atoms with Crippen LogP contribution in [0.25, 0.3) is 0 Å². The minimum absolute atomic E-state index is 0.0674. The summed E-state index contributed by atoms with van der Waals surface area (Å²) in [5, 5.41) is 16.8. The van der Waals surface area contributed by atoms with E-state index in [1.807, 2.05) is 0 Å². The molecule has 4 nitrogen and oxygen atoms in total. The third-order valence-electron chi connectivity index (χ3n) is 2.51. The number of phenols is 1. The first kappa shape index (κ1) is 16.9. The van der Waals surface area contributed by atoms with Crippen molar-refractivity contribution in [3.63, 3.8) is 0 Å². The van der Waals surface area contributed by atoms with Crippen LogP contribution in [0.2, 0.25) is 0 Å². The average molecular weight is 447 g/mol. The average Bonchev–Trinajstić information content (AvgIpc) is 2.44. The SMILES string of the molecule is Oc1c(Br)cc(Br)cc1C=NNC(=S)Nc1cccc(F)c1. The van der Waals surface area contributed by atoms with Gasteiger partial charge in [-0.1, -0.05) is 22.0 Å². The second-order valence-corrected chi connectivity index (χ2v) is 6.34. The summed E-state index contributed by atoms with van der Waals surface area (Å²) >= 11 is 11.6. The van der Waals surface area contributed by atoms with Crippen molar-refractivity contribution in [2.75, 3.05) is 5.32 Å². The molecule has 0 unspecified atom stereocenters. The molecule has 0 aromatic heterocycles. The number of halogens is 3. The minimum atomic E-state index is -0.361. The van der Waals surface area contributed by atoms with Crippen LogP contribution in [-0.4, -0.2) is 16.4 Å². The molecule has 3 N–H and O–H groups in total. The summed E-state index contributed by atoms with van der Waals surface area (Å²) in [5.74, 6) is -0.294. The maximum atomic E-state index is 13.0. The molecule has 2 rings (SSSR count). The predicted octanol–water partition coefficient (Wildman–Crippen LogP) is 4.38. The van der Waals surface area contributed by atoms with Crippen LogP contribution in [0.3, 0.4) is 0 Å². The van der Waals surface area contributed by atoms with Crippen LogP contribution in [0.5, 0.6) is 5.75 Å². The molecule has 0 saturated carbocycles. The zero-order valence-corrected chi connectivity index (χ0v) is 15.0. The number of phenolic OH excluding ortho intramolecular Hbond substituents is 1. The standard InChI is InChI=1S/C14H10Br2FN3OS/c15-9-4-8(13(21)12(16)5-9)7-18-20-14(22)19-11-3-1-2-10(17)6-11/h1-7,21H,(H2,19,20,22). The van der Waals surface area contributed by atoms with Gasteiger partial charge in [0.1, 0.15) is 11.6 Å². The van der Waals surface area contributed by atoms with Gasteiger partial charge in [-0.3, -0.25) is 5.43 Å². The highest BCUT2D eigenvalue weighted by Gasteiger charge is 2.05. The Morgan fingerprint density at radius 1 is 1.27 bits per heavy atom. The number of hydrogen-bond acceptors (Lipinski definition) is 3. The molecule has 0 aliphatic heterocycles. The second-order valence-electron chi connectivity index (χ2n) is 4.16. The van der Waals surface area contributed by atoms with Crippen molar-refractivity contribution in [2.45, 2.75) is 0 Å². The third kappa shape index (κ3) is 4.75. The fraction of sp³-hybridized carbons (Fsp3) is 0. The lowest BCUT2D eigenvalue weighted by atomic mass is 10.2. The summed E-state index contributed by atoms with van der Waals surface area (Å²) in [6.45, 7) is 0. The van der Waals surface area contributed by atoms with E-state index in [1.54, 1.807) is 24.3 Å². The highest BCUT2D eigenvalue weighted by Crippen LogP contribution is 2.30. The van der Waals surface area contributed by atoms with E-state index in [0.717, 1.165) is 4.47 Å². The van der Waals surface area contributed by atoms with Crippen LogP contribution >= 0.6 is 44.1 Å². The van der Waals surface area contributed by atoms with Crippen LogP contribution < -0.4 is 10.7 Å². The van der Waals surface area contributed by atoms with Gasteiger partial charge >= 0.3 is 0 Å². The van der Waals surface area contributed by atoms with E-state index < -0.39 is 0 Å². The first-order chi connectivity index (χ1) is 10.5. The van der Waals surface area contributed by atoms with Gasteiger partial charge in [-0.15, -0.1) is 0 Å². The monoisotopic (exact) mass is 445 g/mol. The van der Waals surface area contributed by atoms with E-state index in [0.29, 0.717) is 15.7 Å². The van der Waals surface area contributed by atoms with Crippen LogP contribution in [0.1, 0.15) is 5.56 Å². The van der Waals surface area contributed by atoms with E-state index in [1.165, 1.54) is 18.3 Å². The Kier molecular flexibility index (Phi) is 5.87. The highest BCUT2D eigenvalue weighted by atomic mass is 79.9. The number of hydrazone groups is 1. The van der Waals surface area contributed by atoms with Crippen LogP contribution in [-0.2, 0) is 0 Å². The minimum Gasteiger partial charge on any atom is -0.506 e. The number of anilines is 1. The molecule has 22 heavy (non-hydrogen) atoms. The smallest absolute Gasteiger partial charge is 0.191 e. The number of hydrogen-bond donors (Lipinski definition) is 3. The van der Waals surface area contributed by atoms with Crippen molar-refractivity contribution < 1.29 is 9.50 Å². The Hall–Kier alpha value is -1.51. The van der Waals surface area contributed by atoms with Gasteiger partial charge in [0.25, 0.3) is 0 Å². The Morgan fingerprint density at radius 2 is 2.05 bits per heavy atom. The molecule has 0 aliphatic rings. The van der Waals surface area contributed by atoms with Gasteiger partial charge in [-0.25, -0.2) is 4.39 Å². The van der Waals surface area contributed by atoms with Gasteiger partial charge in [-0.2, -0.15) is 5.10 Å². The first-order valence-corrected chi connectivity index (χ1v) is 7.99. The summed E-state index contributed by atoms with van der Waals surface area (Å²) in [6.07, 6.45) is 1.42.